The minimum absolute atomic E-state index is 0.145. The van der Waals surface area contributed by atoms with Crippen molar-refractivity contribution in [1.82, 2.24) is 5.32 Å². The van der Waals surface area contributed by atoms with E-state index in [4.69, 9.17) is 10.5 Å². The van der Waals surface area contributed by atoms with Gasteiger partial charge >= 0.3 is 0 Å². The van der Waals surface area contributed by atoms with Crippen LogP contribution in [0.3, 0.4) is 0 Å². The van der Waals surface area contributed by atoms with Gasteiger partial charge in [-0.2, -0.15) is 0 Å². The zero-order valence-electron chi connectivity index (χ0n) is 9.91. The molecule has 0 saturated heterocycles. The highest BCUT2D eigenvalue weighted by atomic mass is 16.5. The Hall–Kier alpha value is -1.71. The lowest BCUT2D eigenvalue weighted by Gasteiger charge is -2.10. The van der Waals surface area contributed by atoms with Gasteiger partial charge in [-0.05, 0) is 18.1 Å². The van der Waals surface area contributed by atoms with Crippen molar-refractivity contribution in [2.24, 2.45) is 5.92 Å². The quantitative estimate of drug-likeness (QED) is 0.761. The third-order valence-electron chi connectivity index (χ3n) is 2.17. The first-order valence-electron chi connectivity index (χ1n) is 5.26. The Morgan fingerprint density at radius 2 is 2.19 bits per heavy atom. The van der Waals surface area contributed by atoms with Crippen molar-refractivity contribution in [2.45, 2.75) is 13.8 Å². The lowest BCUT2D eigenvalue weighted by molar-refractivity contribution is 0.0950. The van der Waals surface area contributed by atoms with E-state index in [0.29, 0.717) is 29.5 Å². The number of ether oxygens (including phenoxy) is 1. The number of hydrogen-bond donors (Lipinski definition) is 2. The van der Waals surface area contributed by atoms with Crippen molar-refractivity contribution in [3.63, 3.8) is 0 Å². The normalized spacial score (nSPS) is 10.2. The first kappa shape index (κ1) is 12.4. The molecule has 1 aromatic rings. The number of nitrogen functional groups attached to an aromatic ring is 1. The number of benzene rings is 1. The average molecular weight is 222 g/mol. The molecule has 3 N–H and O–H groups in total. The molecule has 1 aromatic carbocycles. The van der Waals surface area contributed by atoms with Crippen molar-refractivity contribution in [2.75, 3.05) is 19.4 Å². The Labute approximate surface area is 95.8 Å². The van der Waals surface area contributed by atoms with Gasteiger partial charge < -0.3 is 15.8 Å². The lowest BCUT2D eigenvalue weighted by atomic mass is 10.1. The molecule has 88 valence electrons. The molecule has 0 aliphatic heterocycles. The summed E-state index contributed by atoms with van der Waals surface area (Å²) in [6.07, 6.45) is 0. The summed E-state index contributed by atoms with van der Waals surface area (Å²) in [6, 6.07) is 5.04. The number of carbonyl (C=O) groups is 1. The number of carbonyl (C=O) groups excluding carboxylic acids is 1. The van der Waals surface area contributed by atoms with Gasteiger partial charge in [0.1, 0.15) is 5.75 Å². The van der Waals surface area contributed by atoms with E-state index in [0.717, 1.165) is 0 Å². The molecule has 0 spiro atoms. The molecule has 0 atom stereocenters. The van der Waals surface area contributed by atoms with Gasteiger partial charge in [-0.15, -0.1) is 0 Å². The van der Waals surface area contributed by atoms with Gasteiger partial charge in [0.2, 0.25) is 0 Å². The van der Waals surface area contributed by atoms with Gasteiger partial charge in [-0.3, -0.25) is 4.79 Å². The largest absolute Gasteiger partial charge is 0.497 e. The van der Waals surface area contributed by atoms with Gasteiger partial charge in [0.25, 0.3) is 5.91 Å². The van der Waals surface area contributed by atoms with E-state index < -0.39 is 0 Å². The smallest absolute Gasteiger partial charge is 0.253 e. The molecule has 0 bridgehead atoms. The van der Waals surface area contributed by atoms with Crippen molar-refractivity contribution in [3.8, 4) is 5.75 Å². The van der Waals surface area contributed by atoms with Gasteiger partial charge in [0.15, 0.2) is 0 Å². The van der Waals surface area contributed by atoms with Crippen molar-refractivity contribution < 1.29 is 9.53 Å². The molecule has 0 heterocycles. The molecular weight excluding hydrogens is 204 g/mol. The second kappa shape index (κ2) is 5.39. The summed E-state index contributed by atoms with van der Waals surface area (Å²) >= 11 is 0. The summed E-state index contributed by atoms with van der Waals surface area (Å²) in [4.78, 5) is 11.7. The minimum Gasteiger partial charge on any atom is -0.497 e. The fourth-order valence-electron chi connectivity index (χ4n) is 1.27. The molecule has 4 heteroatoms. The van der Waals surface area contributed by atoms with Crippen LogP contribution < -0.4 is 15.8 Å². The highest BCUT2D eigenvalue weighted by molar-refractivity contribution is 5.99. The lowest BCUT2D eigenvalue weighted by Crippen LogP contribution is -2.27. The second-order valence-electron chi connectivity index (χ2n) is 4.06. The van der Waals surface area contributed by atoms with Crippen LogP contribution >= 0.6 is 0 Å². The van der Waals surface area contributed by atoms with Crippen LogP contribution in [0.2, 0.25) is 0 Å². The maximum absolute atomic E-state index is 11.7. The molecule has 0 fully saturated rings. The number of anilines is 1. The number of nitrogens with two attached hydrogens (primary N) is 1. The molecule has 0 aliphatic carbocycles. The van der Waals surface area contributed by atoms with Crippen LogP contribution in [0, 0.1) is 5.92 Å². The SMILES string of the molecule is COc1ccc(C(=O)NCC(C)C)c(N)c1. The fraction of sp³-hybridized carbons (Fsp3) is 0.417. The van der Waals surface area contributed by atoms with Gasteiger partial charge in [-0.25, -0.2) is 0 Å². The summed E-state index contributed by atoms with van der Waals surface area (Å²) < 4.78 is 5.02. The van der Waals surface area contributed by atoms with Crippen LogP contribution in [0.1, 0.15) is 24.2 Å². The van der Waals surface area contributed by atoms with Crippen LogP contribution in [-0.2, 0) is 0 Å². The van der Waals surface area contributed by atoms with E-state index in [2.05, 4.69) is 5.32 Å². The summed E-state index contributed by atoms with van der Waals surface area (Å²) in [7, 11) is 1.56. The zero-order chi connectivity index (χ0) is 12.1. The molecular formula is C12H18N2O2. The van der Waals surface area contributed by atoms with Crippen LogP contribution in [0.25, 0.3) is 0 Å². The van der Waals surface area contributed by atoms with E-state index >= 15 is 0 Å². The third kappa shape index (κ3) is 3.15. The van der Waals surface area contributed by atoms with Crippen LogP contribution in [0.5, 0.6) is 5.75 Å². The first-order valence-corrected chi connectivity index (χ1v) is 5.26. The number of methoxy groups -OCH3 is 1. The number of hydrogen-bond acceptors (Lipinski definition) is 3. The second-order valence-corrected chi connectivity index (χ2v) is 4.06. The van der Waals surface area contributed by atoms with Crippen LogP contribution in [0.4, 0.5) is 5.69 Å². The number of nitrogens with one attached hydrogen (secondary N) is 1. The van der Waals surface area contributed by atoms with E-state index in [1.165, 1.54) is 0 Å². The van der Waals surface area contributed by atoms with Gasteiger partial charge in [0, 0.05) is 18.3 Å². The number of amides is 1. The zero-order valence-corrected chi connectivity index (χ0v) is 9.91. The standard InChI is InChI=1S/C12H18N2O2/c1-8(2)7-14-12(15)10-5-4-9(16-3)6-11(10)13/h4-6,8H,7,13H2,1-3H3,(H,14,15). The summed E-state index contributed by atoms with van der Waals surface area (Å²) in [5, 5.41) is 2.82. The molecule has 1 rings (SSSR count). The Morgan fingerprint density at radius 1 is 1.50 bits per heavy atom. The van der Waals surface area contributed by atoms with Crippen LogP contribution in [0.15, 0.2) is 18.2 Å². The maximum atomic E-state index is 11.7. The molecule has 0 saturated carbocycles. The maximum Gasteiger partial charge on any atom is 0.253 e. The molecule has 16 heavy (non-hydrogen) atoms. The molecule has 0 aromatic heterocycles. The van der Waals surface area contributed by atoms with E-state index in [1.54, 1.807) is 25.3 Å². The topological polar surface area (TPSA) is 64.3 Å². The Kier molecular flexibility index (Phi) is 4.17. The molecule has 4 nitrogen and oxygen atoms in total. The minimum atomic E-state index is -0.145. The summed E-state index contributed by atoms with van der Waals surface area (Å²) in [5.41, 5.74) is 6.68. The first-order chi connectivity index (χ1) is 7.54. The molecule has 0 unspecified atom stereocenters. The predicted octanol–water partition coefficient (Wildman–Crippen LogP) is 1.66. The monoisotopic (exact) mass is 222 g/mol. The highest BCUT2D eigenvalue weighted by Gasteiger charge is 2.10. The van der Waals surface area contributed by atoms with Crippen molar-refractivity contribution in [1.29, 1.82) is 0 Å². The molecule has 1 amide bonds. The Morgan fingerprint density at radius 3 is 2.69 bits per heavy atom. The summed E-state index contributed by atoms with van der Waals surface area (Å²) in [5.74, 6) is 0.926. The Bertz CT molecular complexity index is 375. The van der Waals surface area contributed by atoms with Gasteiger partial charge in [0.05, 0.1) is 12.7 Å². The highest BCUT2D eigenvalue weighted by Crippen LogP contribution is 2.19. The summed E-state index contributed by atoms with van der Waals surface area (Å²) in [6.45, 7) is 4.72. The van der Waals surface area contributed by atoms with Crippen LogP contribution in [-0.4, -0.2) is 19.6 Å². The Balaban J connectivity index is 2.76. The van der Waals surface area contributed by atoms with E-state index in [-0.39, 0.29) is 5.91 Å². The van der Waals surface area contributed by atoms with Crippen molar-refractivity contribution >= 4 is 11.6 Å². The average Bonchev–Trinajstić information content (AvgIpc) is 2.25. The molecule has 0 radical (unpaired) electrons. The molecule has 0 aliphatic rings. The van der Waals surface area contributed by atoms with Gasteiger partial charge in [-0.1, -0.05) is 13.8 Å². The predicted molar refractivity (Wildman–Crippen MR) is 64.6 cm³/mol. The van der Waals surface area contributed by atoms with E-state index in [1.807, 2.05) is 13.8 Å². The fourth-order valence-corrected chi connectivity index (χ4v) is 1.27. The third-order valence-corrected chi connectivity index (χ3v) is 2.17. The number of rotatable bonds is 4. The van der Waals surface area contributed by atoms with E-state index in [9.17, 15) is 4.79 Å². The van der Waals surface area contributed by atoms with Crippen molar-refractivity contribution in [3.05, 3.63) is 23.8 Å².